The van der Waals surface area contributed by atoms with Crippen molar-refractivity contribution in [1.29, 1.82) is 0 Å². The Balaban J connectivity index is 1.11. The maximum absolute atomic E-state index is 13.3. The Labute approximate surface area is 238 Å². The van der Waals surface area contributed by atoms with Crippen molar-refractivity contribution in [3.05, 3.63) is 71.8 Å². The minimum Gasteiger partial charge on any atom is -0.366 e. The first-order valence-electron chi connectivity index (χ1n) is 13.3. The molecule has 0 radical (unpaired) electrons. The summed E-state index contributed by atoms with van der Waals surface area (Å²) in [6.07, 6.45) is 3.47. The third-order valence-electron chi connectivity index (χ3n) is 7.24. The number of aryl methyl sites for hydroxylation is 2. The lowest BCUT2D eigenvalue weighted by molar-refractivity contribution is 0.184. The number of sulfonamides is 1. The van der Waals surface area contributed by atoms with E-state index in [0.717, 1.165) is 55.3 Å². The Kier molecular flexibility index (Phi) is 7.22. The van der Waals surface area contributed by atoms with Gasteiger partial charge in [-0.2, -0.15) is 4.31 Å². The predicted octanol–water partition coefficient (Wildman–Crippen LogP) is 4.73. The molecule has 4 heterocycles. The monoisotopic (exact) mass is 573 g/mol. The number of hydrogen-bond acceptors (Lipinski definition) is 9. The second-order valence-corrected chi connectivity index (χ2v) is 13.4. The van der Waals surface area contributed by atoms with Crippen molar-refractivity contribution in [2.24, 2.45) is 0 Å². The van der Waals surface area contributed by atoms with Crippen LogP contribution in [0.3, 0.4) is 0 Å². The van der Waals surface area contributed by atoms with Crippen molar-refractivity contribution >= 4 is 48.3 Å². The quantitative estimate of drug-likeness (QED) is 0.298. The average Bonchev–Trinajstić information content (AvgIpc) is 3.33. The van der Waals surface area contributed by atoms with E-state index >= 15 is 0 Å². The Hall–Kier alpha value is -3.51. The lowest BCUT2D eigenvalue weighted by Gasteiger charge is -2.35. The van der Waals surface area contributed by atoms with Gasteiger partial charge in [0.1, 0.15) is 12.1 Å². The first-order chi connectivity index (χ1) is 19.3. The fourth-order valence-corrected chi connectivity index (χ4v) is 7.60. The van der Waals surface area contributed by atoms with Gasteiger partial charge in [-0.15, -0.1) is 11.3 Å². The van der Waals surface area contributed by atoms with Crippen LogP contribution in [0, 0.1) is 13.8 Å². The van der Waals surface area contributed by atoms with Crippen molar-refractivity contribution in [1.82, 2.24) is 29.1 Å². The van der Waals surface area contributed by atoms with Gasteiger partial charge in [-0.25, -0.2) is 23.4 Å². The topological polar surface area (TPSA) is 104 Å². The third kappa shape index (κ3) is 5.29. The molecule has 5 aromatic rings. The fourth-order valence-electron chi connectivity index (χ4n) is 5.21. The van der Waals surface area contributed by atoms with E-state index in [1.807, 2.05) is 38.2 Å². The van der Waals surface area contributed by atoms with Gasteiger partial charge in [-0.1, -0.05) is 18.2 Å². The van der Waals surface area contributed by atoms with Gasteiger partial charge in [0.2, 0.25) is 10.0 Å². The summed E-state index contributed by atoms with van der Waals surface area (Å²) >= 11 is 1.52. The molecular formula is C29H31N7O2S2. The van der Waals surface area contributed by atoms with E-state index in [-0.39, 0.29) is 6.04 Å². The number of nitrogens with one attached hydrogen (secondary N) is 1. The van der Waals surface area contributed by atoms with Crippen LogP contribution in [0.1, 0.15) is 17.6 Å². The van der Waals surface area contributed by atoms with Crippen LogP contribution in [0.15, 0.2) is 66.0 Å². The SMILES string of the molecule is Cc1ccc(-c2cccc3c(N[C@@H](C)CN4CCN(S(=O)(=O)c5ccc6nc(C)sc6c5)CC4)ncnc23)cn1. The molecule has 1 N–H and O–H groups in total. The third-order valence-corrected chi connectivity index (χ3v) is 10.1. The van der Waals surface area contributed by atoms with Gasteiger partial charge >= 0.3 is 0 Å². The van der Waals surface area contributed by atoms with E-state index in [0.29, 0.717) is 31.1 Å². The van der Waals surface area contributed by atoms with Crippen LogP contribution < -0.4 is 5.32 Å². The molecule has 0 spiro atoms. The van der Waals surface area contributed by atoms with Gasteiger partial charge in [-0.3, -0.25) is 9.88 Å². The van der Waals surface area contributed by atoms with Crippen LogP contribution in [-0.4, -0.2) is 76.3 Å². The molecule has 206 valence electrons. The zero-order chi connectivity index (χ0) is 27.9. The van der Waals surface area contributed by atoms with E-state index < -0.39 is 10.0 Å². The van der Waals surface area contributed by atoms with Crippen LogP contribution in [0.4, 0.5) is 5.82 Å². The molecule has 1 saturated heterocycles. The first kappa shape index (κ1) is 26.7. The highest BCUT2D eigenvalue weighted by Gasteiger charge is 2.29. The molecule has 0 unspecified atom stereocenters. The summed E-state index contributed by atoms with van der Waals surface area (Å²) in [6.45, 7) is 9.05. The highest BCUT2D eigenvalue weighted by molar-refractivity contribution is 7.89. The summed E-state index contributed by atoms with van der Waals surface area (Å²) in [5, 5.41) is 5.45. The summed E-state index contributed by atoms with van der Waals surface area (Å²) in [5.74, 6) is 0.786. The summed E-state index contributed by atoms with van der Waals surface area (Å²) in [4.78, 5) is 20.6. The normalized spacial score (nSPS) is 16.0. The highest BCUT2D eigenvalue weighted by Crippen LogP contribution is 2.30. The number of aromatic nitrogens is 4. The summed E-state index contributed by atoms with van der Waals surface area (Å²) < 4.78 is 29.2. The molecule has 11 heteroatoms. The zero-order valence-electron chi connectivity index (χ0n) is 22.7. The van der Waals surface area contributed by atoms with Gasteiger partial charge in [0.05, 0.1) is 25.6 Å². The van der Waals surface area contributed by atoms with Crippen LogP contribution in [-0.2, 0) is 10.0 Å². The Morgan fingerprint density at radius 2 is 1.82 bits per heavy atom. The molecule has 6 rings (SSSR count). The minimum absolute atomic E-state index is 0.0999. The molecule has 0 saturated carbocycles. The van der Waals surface area contributed by atoms with Crippen LogP contribution in [0.5, 0.6) is 0 Å². The summed E-state index contributed by atoms with van der Waals surface area (Å²) in [6, 6.07) is 15.5. The molecule has 1 fully saturated rings. The lowest BCUT2D eigenvalue weighted by atomic mass is 10.0. The lowest BCUT2D eigenvalue weighted by Crippen LogP contribution is -2.50. The molecular weight excluding hydrogens is 543 g/mol. The molecule has 9 nitrogen and oxygen atoms in total. The van der Waals surface area contributed by atoms with Crippen LogP contribution in [0.25, 0.3) is 32.2 Å². The Bertz CT molecular complexity index is 1780. The zero-order valence-corrected chi connectivity index (χ0v) is 24.3. The van der Waals surface area contributed by atoms with Gasteiger partial charge in [0.15, 0.2) is 0 Å². The van der Waals surface area contributed by atoms with Crippen molar-refractivity contribution in [3.63, 3.8) is 0 Å². The highest BCUT2D eigenvalue weighted by atomic mass is 32.2. The number of thiazole rings is 1. The van der Waals surface area contributed by atoms with Gasteiger partial charge < -0.3 is 5.32 Å². The van der Waals surface area contributed by atoms with Crippen molar-refractivity contribution in [2.75, 3.05) is 38.0 Å². The molecule has 0 aliphatic carbocycles. The number of fused-ring (bicyclic) bond motifs is 2. The maximum Gasteiger partial charge on any atom is 0.243 e. The molecule has 3 aromatic heterocycles. The predicted molar refractivity (Wildman–Crippen MR) is 160 cm³/mol. The number of para-hydroxylation sites is 1. The molecule has 0 amide bonds. The van der Waals surface area contributed by atoms with Crippen molar-refractivity contribution in [3.8, 4) is 11.1 Å². The largest absolute Gasteiger partial charge is 0.366 e. The van der Waals surface area contributed by atoms with E-state index in [1.54, 1.807) is 28.8 Å². The maximum atomic E-state index is 13.3. The Morgan fingerprint density at radius 1 is 1.00 bits per heavy atom. The average molecular weight is 574 g/mol. The van der Waals surface area contributed by atoms with Gasteiger partial charge in [0, 0.05) is 67.2 Å². The number of rotatable bonds is 7. The van der Waals surface area contributed by atoms with Crippen molar-refractivity contribution < 1.29 is 8.42 Å². The van der Waals surface area contributed by atoms with E-state index in [9.17, 15) is 8.42 Å². The Morgan fingerprint density at radius 3 is 2.60 bits per heavy atom. The molecule has 1 aliphatic heterocycles. The first-order valence-corrected chi connectivity index (χ1v) is 15.6. The second kappa shape index (κ2) is 10.8. The smallest absolute Gasteiger partial charge is 0.243 e. The van der Waals surface area contributed by atoms with Crippen LogP contribution in [0.2, 0.25) is 0 Å². The molecule has 2 aromatic carbocycles. The number of benzene rings is 2. The minimum atomic E-state index is -3.55. The van der Waals surface area contributed by atoms with Gasteiger partial charge in [0.25, 0.3) is 0 Å². The number of anilines is 1. The summed E-state index contributed by atoms with van der Waals surface area (Å²) in [7, 11) is -3.55. The van der Waals surface area contributed by atoms with E-state index in [1.165, 1.54) is 11.3 Å². The number of nitrogens with zero attached hydrogens (tertiary/aromatic N) is 6. The second-order valence-electron chi connectivity index (χ2n) is 10.2. The number of piperazine rings is 1. The van der Waals surface area contributed by atoms with Crippen LogP contribution >= 0.6 is 11.3 Å². The summed E-state index contributed by atoms with van der Waals surface area (Å²) in [5.41, 5.74) is 4.73. The van der Waals surface area contributed by atoms with Crippen molar-refractivity contribution in [2.45, 2.75) is 31.7 Å². The standard InChI is InChI=1S/C29H31N7O2S2/c1-19-7-8-22(16-30-19)24-5-4-6-25-28(24)31-18-32-29(25)33-20(2)17-35-11-13-36(14-12-35)40(37,38)23-9-10-26-27(15-23)39-21(3)34-26/h4-10,15-16,18,20H,11-14,17H2,1-3H3,(H,31,32,33)/t20-/m0/s1. The van der Waals surface area contributed by atoms with E-state index in [4.69, 9.17) is 0 Å². The molecule has 1 atom stereocenters. The van der Waals surface area contributed by atoms with Gasteiger partial charge in [-0.05, 0) is 51.1 Å². The molecule has 40 heavy (non-hydrogen) atoms. The number of hydrogen-bond donors (Lipinski definition) is 1. The molecule has 0 bridgehead atoms. The van der Waals surface area contributed by atoms with E-state index in [2.05, 4.69) is 49.2 Å². The number of pyridine rings is 1. The molecule has 1 aliphatic rings. The fraction of sp³-hybridized carbons (Fsp3) is 0.310.